The maximum absolute atomic E-state index is 2.90. The van der Waals surface area contributed by atoms with E-state index < -0.39 is 0 Å². The fourth-order valence-corrected chi connectivity index (χ4v) is 7.58. The molecular weight excluding hydrogens is 254 g/mol. The normalized spacial score (nSPS) is 52.3. The standard InChI is InChI=1S/C20H33N/c1-2-16-4-3-15(1)13-21(14-16)6-5-20-10-17-7-18(11-20)9-19(8-17)12-20/h15-19H,1-14H2. The van der Waals surface area contributed by atoms with E-state index >= 15 is 0 Å². The van der Waals surface area contributed by atoms with Crippen LogP contribution < -0.4 is 0 Å². The second-order valence-electron chi connectivity index (χ2n) is 9.81. The summed E-state index contributed by atoms with van der Waals surface area (Å²) in [5, 5.41) is 0. The summed E-state index contributed by atoms with van der Waals surface area (Å²) in [5.74, 6) is 5.52. The highest BCUT2D eigenvalue weighted by atomic mass is 15.1. The monoisotopic (exact) mass is 287 g/mol. The SMILES string of the molecule is C1CC2CCC1CN(CCC13CC4CC(CC(C4)C1)C3)C2. The lowest BCUT2D eigenvalue weighted by molar-refractivity contribution is -0.0612. The molecule has 0 amide bonds. The van der Waals surface area contributed by atoms with E-state index in [0.717, 1.165) is 35.0 Å². The van der Waals surface area contributed by atoms with Gasteiger partial charge in [0.15, 0.2) is 0 Å². The number of fused-ring (bicyclic) bond motifs is 4. The molecule has 7 fully saturated rings. The molecule has 0 atom stereocenters. The summed E-state index contributed by atoms with van der Waals surface area (Å²) in [5.41, 5.74) is 0.806. The molecule has 2 saturated heterocycles. The highest BCUT2D eigenvalue weighted by Crippen LogP contribution is 2.61. The van der Waals surface area contributed by atoms with Crippen molar-refractivity contribution in [3.05, 3.63) is 0 Å². The van der Waals surface area contributed by atoms with Crippen LogP contribution in [-0.4, -0.2) is 24.5 Å². The number of nitrogens with zero attached hydrogens (tertiary/aromatic N) is 1. The van der Waals surface area contributed by atoms with Gasteiger partial charge in [-0.1, -0.05) is 0 Å². The molecule has 1 nitrogen and oxygen atoms in total. The van der Waals surface area contributed by atoms with Gasteiger partial charge in [0.1, 0.15) is 0 Å². The minimum atomic E-state index is 0.806. The number of rotatable bonds is 3. The van der Waals surface area contributed by atoms with Gasteiger partial charge in [0, 0.05) is 13.1 Å². The summed E-state index contributed by atoms with van der Waals surface area (Å²) >= 11 is 0. The van der Waals surface area contributed by atoms with E-state index in [9.17, 15) is 0 Å². The van der Waals surface area contributed by atoms with Crippen molar-refractivity contribution >= 4 is 0 Å². The molecule has 5 aliphatic carbocycles. The number of hydrogen-bond donors (Lipinski definition) is 0. The van der Waals surface area contributed by atoms with E-state index in [0.29, 0.717) is 0 Å². The van der Waals surface area contributed by atoms with Gasteiger partial charge in [-0.25, -0.2) is 0 Å². The fourth-order valence-electron chi connectivity index (χ4n) is 7.58. The van der Waals surface area contributed by atoms with Crippen LogP contribution in [0.5, 0.6) is 0 Å². The maximum atomic E-state index is 2.90. The van der Waals surface area contributed by atoms with E-state index in [1.807, 2.05) is 0 Å². The predicted octanol–water partition coefficient (Wildman–Crippen LogP) is 4.71. The van der Waals surface area contributed by atoms with Gasteiger partial charge in [-0.3, -0.25) is 0 Å². The minimum absolute atomic E-state index is 0.806. The first-order valence-corrected chi connectivity index (χ1v) is 9.99. The van der Waals surface area contributed by atoms with E-state index in [1.165, 1.54) is 19.6 Å². The molecule has 7 aliphatic rings. The lowest BCUT2D eigenvalue weighted by atomic mass is 9.49. The first-order valence-electron chi connectivity index (χ1n) is 9.99. The molecule has 0 radical (unpaired) electrons. The molecule has 0 aromatic heterocycles. The fraction of sp³-hybridized carbons (Fsp3) is 1.00. The van der Waals surface area contributed by atoms with Crippen molar-refractivity contribution in [3.63, 3.8) is 0 Å². The molecule has 21 heavy (non-hydrogen) atoms. The Morgan fingerprint density at radius 3 is 1.62 bits per heavy atom. The van der Waals surface area contributed by atoms with Crippen LogP contribution in [-0.2, 0) is 0 Å². The van der Waals surface area contributed by atoms with Crippen LogP contribution in [0.2, 0.25) is 0 Å². The molecular formula is C20H33N. The summed E-state index contributed by atoms with van der Waals surface area (Å²) in [6, 6.07) is 0. The van der Waals surface area contributed by atoms with Gasteiger partial charge in [-0.05, 0) is 112 Å². The molecule has 0 N–H and O–H groups in total. The van der Waals surface area contributed by atoms with Gasteiger partial charge in [0.2, 0.25) is 0 Å². The van der Waals surface area contributed by atoms with Gasteiger partial charge in [0.25, 0.3) is 0 Å². The largest absolute Gasteiger partial charge is 0.303 e. The first-order chi connectivity index (χ1) is 10.3. The highest BCUT2D eigenvalue weighted by Gasteiger charge is 2.50. The predicted molar refractivity (Wildman–Crippen MR) is 87.1 cm³/mol. The Hall–Kier alpha value is -0.0400. The zero-order valence-electron chi connectivity index (χ0n) is 13.7. The minimum Gasteiger partial charge on any atom is -0.303 e. The second kappa shape index (κ2) is 4.98. The van der Waals surface area contributed by atoms with Crippen LogP contribution in [0.3, 0.4) is 0 Å². The molecule has 0 aromatic carbocycles. The summed E-state index contributed by atoms with van der Waals surface area (Å²) in [7, 11) is 0. The lowest BCUT2D eigenvalue weighted by Gasteiger charge is -2.57. The molecule has 0 spiro atoms. The molecule has 7 rings (SSSR count). The van der Waals surface area contributed by atoms with E-state index in [1.54, 1.807) is 70.6 Å². The molecule has 2 aliphatic heterocycles. The van der Waals surface area contributed by atoms with Crippen LogP contribution in [0.4, 0.5) is 0 Å². The smallest absolute Gasteiger partial charge is 0.000978 e. The molecule has 118 valence electrons. The van der Waals surface area contributed by atoms with Crippen LogP contribution in [0.25, 0.3) is 0 Å². The topological polar surface area (TPSA) is 3.24 Å². The van der Waals surface area contributed by atoms with Gasteiger partial charge in [0.05, 0.1) is 0 Å². The van der Waals surface area contributed by atoms with Crippen LogP contribution in [0.15, 0.2) is 0 Å². The van der Waals surface area contributed by atoms with Gasteiger partial charge in [-0.15, -0.1) is 0 Å². The van der Waals surface area contributed by atoms with Gasteiger partial charge in [-0.2, -0.15) is 0 Å². The molecule has 0 unspecified atom stereocenters. The van der Waals surface area contributed by atoms with Crippen molar-refractivity contribution in [3.8, 4) is 0 Å². The third kappa shape index (κ3) is 2.48. The van der Waals surface area contributed by atoms with E-state index in [4.69, 9.17) is 0 Å². The second-order valence-corrected chi connectivity index (χ2v) is 9.81. The van der Waals surface area contributed by atoms with Crippen molar-refractivity contribution in [2.75, 3.05) is 19.6 Å². The summed E-state index contributed by atoms with van der Waals surface area (Å²) in [4.78, 5) is 2.90. The van der Waals surface area contributed by atoms with Crippen molar-refractivity contribution in [2.45, 2.75) is 70.6 Å². The van der Waals surface area contributed by atoms with Crippen molar-refractivity contribution in [1.82, 2.24) is 4.90 Å². The molecule has 2 heterocycles. The third-order valence-corrected chi connectivity index (χ3v) is 8.12. The Balaban J connectivity index is 1.24. The van der Waals surface area contributed by atoms with Crippen molar-refractivity contribution in [2.24, 2.45) is 35.0 Å². The Morgan fingerprint density at radius 1 is 0.667 bits per heavy atom. The van der Waals surface area contributed by atoms with Crippen molar-refractivity contribution < 1.29 is 0 Å². The van der Waals surface area contributed by atoms with Gasteiger partial charge < -0.3 is 4.90 Å². The Bertz CT molecular complexity index is 343. The Kier molecular flexibility index (Phi) is 3.18. The van der Waals surface area contributed by atoms with E-state index in [-0.39, 0.29) is 0 Å². The highest BCUT2D eigenvalue weighted by molar-refractivity contribution is 5.01. The average Bonchev–Trinajstić information content (AvgIpc) is 2.77. The zero-order valence-corrected chi connectivity index (χ0v) is 13.7. The summed E-state index contributed by atoms with van der Waals surface area (Å²) in [6.07, 6.45) is 17.4. The van der Waals surface area contributed by atoms with Crippen molar-refractivity contribution in [1.29, 1.82) is 0 Å². The van der Waals surface area contributed by atoms with Crippen LogP contribution >= 0.6 is 0 Å². The summed E-state index contributed by atoms with van der Waals surface area (Å²) in [6.45, 7) is 4.34. The molecule has 5 saturated carbocycles. The number of hydrogen-bond acceptors (Lipinski definition) is 1. The zero-order chi connectivity index (χ0) is 13.9. The quantitative estimate of drug-likeness (QED) is 0.726. The van der Waals surface area contributed by atoms with Gasteiger partial charge >= 0.3 is 0 Å². The maximum Gasteiger partial charge on any atom is 0.000978 e. The van der Waals surface area contributed by atoms with E-state index in [2.05, 4.69) is 4.90 Å². The first kappa shape index (κ1) is 13.4. The average molecular weight is 287 g/mol. The Morgan fingerprint density at radius 2 is 1.14 bits per heavy atom. The Labute approximate surface area is 130 Å². The lowest BCUT2D eigenvalue weighted by Crippen LogP contribution is -2.47. The third-order valence-electron chi connectivity index (χ3n) is 8.12. The summed E-state index contributed by atoms with van der Waals surface area (Å²) < 4.78 is 0. The molecule has 1 heteroatoms. The van der Waals surface area contributed by atoms with Crippen LogP contribution in [0.1, 0.15) is 70.6 Å². The van der Waals surface area contributed by atoms with Crippen LogP contribution in [0, 0.1) is 35.0 Å². The molecule has 6 bridgehead atoms. The molecule has 0 aromatic rings.